The Morgan fingerprint density at radius 1 is 0.897 bits per heavy atom. The maximum Gasteiger partial charge on any atom is 0.330 e. The highest BCUT2D eigenvalue weighted by Crippen LogP contribution is 2.36. The fourth-order valence-corrected chi connectivity index (χ4v) is 5.62. The van der Waals surface area contributed by atoms with Gasteiger partial charge in [-0.15, -0.1) is 0 Å². The summed E-state index contributed by atoms with van der Waals surface area (Å²) in [4.78, 5) is 22.8. The molecular weight excluding hydrogens is 486 g/mol. The number of anilines is 2. The normalized spacial score (nSPS) is 14.2. The van der Waals surface area contributed by atoms with Gasteiger partial charge in [0.05, 0.1) is 24.0 Å². The highest BCUT2D eigenvalue weighted by atomic mass is 16.5. The van der Waals surface area contributed by atoms with E-state index in [2.05, 4.69) is 63.5 Å². The fraction of sp³-hybridized carbons (Fsp3) is 0.250. The Hall–Kier alpha value is -4.36. The van der Waals surface area contributed by atoms with Crippen molar-refractivity contribution in [2.45, 2.75) is 13.8 Å². The van der Waals surface area contributed by atoms with Crippen molar-refractivity contribution in [2.24, 2.45) is 0 Å². The van der Waals surface area contributed by atoms with Crippen LogP contribution in [0.5, 0.6) is 5.75 Å². The van der Waals surface area contributed by atoms with Crippen molar-refractivity contribution in [3.05, 3.63) is 84.3 Å². The molecule has 0 saturated carbocycles. The number of methoxy groups -OCH3 is 1. The molecule has 198 valence electrons. The number of benzene rings is 3. The zero-order valence-corrected chi connectivity index (χ0v) is 22.9. The SMILES string of the molecule is COc1cc2ccn(C(=O)Nc3cccc4c(-c5cc(C)nc(C)c5)cccc34)c2cc1N1CCN(C)CC1. The van der Waals surface area contributed by atoms with E-state index in [0.29, 0.717) is 0 Å². The van der Waals surface area contributed by atoms with Crippen molar-refractivity contribution in [3.8, 4) is 16.9 Å². The van der Waals surface area contributed by atoms with Crippen LogP contribution in [0.2, 0.25) is 0 Å². The van der Waals surface area contributed by atoms with Crippen LogP contribution >= 0.6 is 0 Å². The van der Waals surface area contributed by atoms with E-state index in [1.165, 1.54) is 0 Å². The standard InChI is InChI=1S/C32H33N5O2/c1-21-17-24(18-22(2)33-21)25-7-5-9-27-26(25)8-6-10-28(27)34-32(38)37-12-11-23-19-31(39-4)30(20-29(23)37)36-15-13-35(3)14-16-36/h5-12,17-20H,13-16H2,1-4H3,(H,34,38). The van der Waals surface area contributed by atoms with Crippen LogP contribution in [0.3, 0.4) is 0 Å². The molecule has 1 N–H and O–H groups in total. The summed E-state index contributed by atoms with van der Waals surface area (Å²) in [7, 11) is 3.84. The number of pyridine rings is 1. The van der Waals surface area contributed by atoms with Gasteiger partial charge in [-0.1, -0.05) is 30.3 Å². The maximum atomic E-state index is 13.7. The van der Waals surface area contributed by atoms with E-state index in [0.717, 1.165) is 87.5 Å². The summed E-state index contributed by atoms with van der Waals surface area (Å²) in [6, 6.07) is 22.3. The Morgan fingerprint density at radius 2 is 1.62 bits per heavy atom. The van der Waals surface area contributed by atoms with Crippen molar-refractivity contribution in [1.82, 2.24) is 14.5 Å². The average Bonchev–Trinajstić information content (AvgIpc) is 3.35. The minimum Gasteiger partial charge on any atom is -0.495 e. The van der Waals surface area contributed by atoms with Crippen LogP contribution in [0.15, 0.2) is 72.9 Å². The molecule has 0 atom stereocenters. The zero-order valence-electron chi connectivity index (χ0n) is 22.9. The monoisotopic (exact) mass is 519 g/mol. The summed E-state index contributed by atoms with van der Waals surface area (Å²) in [6.45, 7) is 7.84. The third kappa shape index (κ3) is 4.70. The van der Waals surface area contributed by atoms with Gasteiger partial charge in [-0.25, -0.2) is 4.79 Å². The van der Waals surface area contributed by atoms with Crippen LogP contribution in [0, 0.1) is 13.8 Å². The molecule has 0 radical (unpaired) electrons. The zero-order chi connectivity index (χ0) is 27.1. The Labute approximate surface area is 228 Å². The Kier molecular flexibility index (Phi) is 6.45. The van der Waals surface area contributed by atoms with Gasteiger partial charge in [-0.3, -0.25) is 9.55 Å². The second-order valence-corrected chi connectivity index (χ2v) is 10.3. The van der Waals surface area contributed by atoms with E-state index < -0.39 is 0 Å². The third-order valence-corrected chi connectivity index (χ3v) is 7.61. The molecule has 1 fully saturated rings. The van der Waals surface area contributed by atoms with E-state index in [-0.39, 0.29) is 6.03 Å². The minimum absolute atomic E-state index is 0.201. The molecule has 1 aliphatic heterocycles. The topological polar surface area (TPSA) is 62.6 Å². The fourth-order valence-electron chi connectivity index (χ4n) is 5.62. The molecule has 0 aliphatic carbocycles. The second-order valence-electron chi connectivity index (χ2n) is 10.3. The highest BCUT2D eigenvalue weighted by Gasteiger charge is 2.20. The lowest BCUT2D eigenvalue weighted by atomic mass is 9.97. The number of piperazine rings is 1. The molecule has 0 unspecified atom stereocenters. The van der Waals surface area contributed by atoms with Gasteiger partial charge < -0.3 is 19.9 Å². The predicted octanol–water partition coefficient (Wildman–Crippen LogP) is 6.31. The van der Waals surface area contributed by atoms with E-state index in [1.54, 1.807) is 11.7 Å². The summed E-state index contributed by atoms with van der Waals surface area (Å²) < 4.78 is 7.43. The molecule has 1 saturated heterocycles. The summed E-state index contributed by atoms with van der Waals surface area (Å²) in [5.41, 5.74) is 6.85. The lowest BCUT2D eigenvalue weighted by Gasteiger charge is -2.34. The number of fused-ring (bicyclic) bond motifs is 2. The first kappa shape index (κ1) is 24.9. The van der Waals surface area contributed by atoms with E-state index in [1.807, 2.05) is 50.4 Å². The van der Waals surface area contributed by atoms with Crippen LogP contribution in [0.1, 0.15) is 11.4 Å². The second kappa shape index (κ2) is 10.1. The number of likely N-dealkylation sites (N-methyl/N-ethyl adjacent to an activating group) is 1. The molecule has 5 aromatic rings. The molecule has 6 rings (SSSR count). The Balaban J connectivity index is 1.36. The van der Waals surface area contributed by atoms with Crippen LogP contribution in [-0.2, 0) is 0 Å². The van der Waals surface area contributed by atoms with Crippen LogP contribution in [-0.4, -0.2) is 60.8 Å². The molecule has 1 aliphatic rings. The average molecular weight is 520 g/mol. The number of amides is 1. The molecule has 2 aromatic heterocycles. The number of carbonyl (C=O) groups excluding carboxylic acids is 1. The van der Waals surface area contributed by atoms with E-state index >= 15 is 0 Å². The third-order valence-electron chi connectivity index (χ3n) is 7.61. The van der Waals surface area contributed by atoms with Gasteiger partial charge in [0, 0.05) is 54.5 Å². The molecule has 7 nitrogen and oxygen atoms in total. The van der Waals surface area contributed by atoms with E-state index in [9.17, 15) is 4.79 Å². The quantitative estimate of drug-likeness (QED) is 0.301. The largest absolute Gasteiger partial charge is 0.495 e. The number of aryl methyl sites for hydroxylation is 2. The molecule has 3 heterocycles. The van der Waals surface area contributed by atoms with Gasteiger partial charge in [0.2, 0.25) is 0 Å². The first-order valence-corrected chi connectivity index (χ1v) is 13.3. The first-order chi connectivity index (χ1) is 18.9. The van der Waals surface area contributed by atoms with Gasteiger partial charge in [-0.2, -0.15) is 0 Å². The lowest BCUT2D eigenvalue weighted by Crippen LogP contribution is -2.44. The van der Waals surface area contributed by atoms with Crippen molar-refractivity contribution in [3.63, 3.8) is 0 Å². The van der Waals surface area contributed by atoms with Crippen molar-refractivity contribution in [1.29, 1.82) is 0 Å². The number of hydrogen-bond acceptors (Lipinski definition) is 5. The van der Waals surface area contributed by atoms with Gasteiger partial charge in [0.1, 0.15) is 5.75 Å². The van der Waals surface area contributed by atoms with Gasteiger partial charge >= 0.3 is 6.03 Å². The summed E-state index contributed by atoms with van der Waals surface area (Å²) in [5.74, 6) is 0.827. The minimum atomic E-state index is -0.201. The first-order valence-electron chi connectivity index (χ1n) is 13.3. The van der Waals surface area contributed by atoms with Crippen LogP contribution < -0.4 is 15.0 Å². The lowest BCUT2D eigenvalue weighted by molar-refractivity contribution is 0.254. The predicted molar refractivity (Wildman–Crippen MR) is 159 cm³/mol. The van der Waals surface area contributed by atoms with Gasteiger partial charge in [0.25, 0.3) is 0 Å². The summed E-state index contributed by atoms with van der Waals surface area (Å²) >= 11 is 0. The van der Waals surface area contributed by atoms with Crippen LogP contribution in [0.4, 0.5) is 16.2 Å². The number of carbonyl (C=O) groups is 1. The Bertz CT molecular complexity index is 1680. The van der Waals surface area contributed by atoms with E-state index in [4.69, 9.17) is 4.74 Å². The Morgan fingerprint density at radius 3 is 2.36 bits per heavy atom. The molecule has 0 spiro atoms. The number of nitrogens with one attached hydrogen (secondary N) is 1. The van der Waals surface area contributed by atoms with Crippen molar-refractivity contribution in [2.75, 3.05) is 50.6 Å². The highest BCUT2D eigenvalue weighted by molar-refractivity contribution is 6.08. The van der Waals surface area contributed by atoms with Gasteiger partial charge in [-0.05, 0) is 73.8 Å². The summed E-state index contributed by atoms with van der Waals surface area (Å²) in [6.07, 6.45) is 1.83. The van der Waals surface area contributed by atoms with Crippen molar-refractivity contribution >= 4 is 39.1 Å². The molecule has 0 bridgehead atoms. The van der Waals surface area contributed by atoms with Gasteiger partial charge in [0.15, 0.2) is 0 Å². The number of aromatic nitrogens is 2. The van der Waals surface area contributed by atoms with Crippen molar-refractivity contribution < 1.29 is 9.53 Å². The molecular formula is C32H33N5O2. The molecule has 1 amide bonds. The smallest absolute Gasteiger partial charge is 0.330 e. The molecule has 7 heteroatoms. The maximum absolute atomic E-state index is 13.7. The van der Waals surface area contributed by atoms with Crippen LogP contribution in [0.25, 0.3) is 32.8 Å². The number of nitrogens with zero attached hydrogens (tertiary/aromatic N) is 4. The number of rotatable bonds is 4. The number of ether oxygens (including phenoxy) is 1. The summed E-state index contributed by atoms with van der Waals surface area (Å²) in [5, 5.41) is 6.21. The molecule has 3 aromatic carbocycles. The number of hydrogen-bond donors (Lipinski definition) is 1. The molecule has 39 heavy (non-hydrogen) atoms.